The Morgan fingerprint density at radius 2 is 2.08 bits per heavy atom. The molecule has 10 heteroatoms. The first-order valence-corrected chi connectivity index (χ1v) is 7.22. The molecular weight excluding hydrogens is 324 g/mol. The van der Waals surface area contributed by atoms with Gasteiger partial charge in [0.1, 0.15) is 6.33 Å². The lowest BCUT2D eigenvalue weighted by molar-refractivity contribution is -0.383. The lowest BCUT2D eigenvalue weighted by Crippen LogP contribution is -2.04. The molecule has 0 unspecified atom stereocenters. The second-order valence-corrected chi connectivity index (χ2v) is 5.03. The van der Waals surface area contributed by atoms with Crippen molar-refractivity contribution >= 4 is 23.5 Å². The van der Waals surface area contributed by atoms with Gasteiger partial charge in [-0.3, -0.25) is 15.5 Å². The van der Waals surface area contributed by atoms with Crippen molar-refractivity contribution in [3.63, 3.8) is 0 Å². The van der Waals surface area contributed by atoms with Gasteiger partial charge in [-0.05, 0) is 19.1 Å². The molecule has 0 saturated carbocycles. The van der Waals surface area contributed by atoms with Crippen LogP contribution in [-0.2, 0) is 0 Å². The van der Waals surface area contributed by atoms with Crippen molar-refractivity contribution in [1.82, 2.24) is 19.7 Å². The third kappa shape index (κ3) is 3.42. The summed E-state index contributed by atoms with van der Waals surface area (Å²) in [6, 6.07) is 9.62. The van der Waals surface area contributed by atoms with Crippen LogP contribution < -0.4 is 11.2 Å². The molecule has 25 heavy (non-hydrogen) atoms. The zero-order chi connectivity index (χ0) is 17.8. The number of rotatable bonds is 5. The van der Waals surface area contributed by atoms with Gasteiger partial charge in [-0.15, -0.1) is 0 Å². The van der Waals surface area contributed by atoms with Gasteiger partial charge in [-0.2, -0.15) is 10.2 Å². The van der Waals surface area contributed by atoms with Crippen molar-refractivity contribution in [2.45, 2.75) is 6.92 Å². The van der Waals surface area contributed by atoms with E-state index in [1.807, 2.05) is 37.3 Å². The molecule has 0 spiro atoms. The number of hydrazone groups is 1. The number of nitro groups is 1. The van der Waals surface area contributed by atoms with Gasteiger partial charge in [0.25, 0.3) is 0 Å². The van der Waals surface area contributed by atoms with E-state index in [2.05, 4.69) is 25.6 Å². The Hall–Kier alpha value is -3.82. The van der Waals surface area contributed by atoms with Crippen molar-refractivity contribution in [3.8, 4) is 5.69 Å². The normalized spacial score (nSPS) is 10.9. The highest BCUT2D eigenvalue weighted by Crippen LogP contribution is 2.26. The quantitative estimate of drug-likeness (QED) is 0.411. The predicted octanol–water partition coefficient (Wildman–Crippen LogP) is 1.91. The largest absolute Gasteiger partial charge is 0.378 e. The SMILES string of the molecule is Cc1nn(-c2ccccc2)cc1/C=N\Nc1ncnc(N)c1[N+](=O)[O-]. The number of nitrogens with one attached hydrogen (secondary N) is 1. The maximum absolute atomic E-state index is 11.0. The highest BCUT2D eigenvalue weighted by atomic mass is 16.6. The lowest BCUT2D eigenvalue weighted by atomic mass is 10.3. The summed E-state index contributed by atoms with van der Waals surface area (Å²) in [5.41, 5.74) is 10.0. The highest BCUT2D eigenvalue weighted by molar-refractivity contribution is 5.81. The maximum atomic E-state index is 11.0. The Balaban J connectivity index is 1.81. The number of benzene rings is 1. The topological polar surface area (TPSA) is 137 Å². The number of aromatic nitrogens is 4. The molecule has 0 saturated heterocycles. The number of para-hydroxylation sites is 1. The fraction of sp³-hybridized carbons (Fsp3) is 0.0667. The van der Waals surface area contributed by atoms with Crippen molar-refractivity contribution in [2.24, 2.45) is 5.10 Å². The second-order valence-electron chi connectivity index (χ2n) is 5.03. The van der Waals surface area contributed by atoms with Crippen LogP contribution in [0, 0.1) is 17.0 Å². The second kappa shape index (κ2) is 6.74. The molecule has 0 aliphatic rings. The van der Waals surface area contributed by atoms with Crippen LogP contribution in [0.15, 0.2) is 48.0 Å². The Bertz CT molecular complexity index is 936. The number of hydrogen-bond acceptors (Lipinski definition) is 8. The third-order valence-electron chi connectivity index (χ3n) is 3.36. The smallest absolute Gasteiger partial charge is 0.354 e. The Kier molecular flexibility index (Phi) is 4.33. The number of aryl methyl sites for hydroxylation is 1. The molecule has 3 aromatic rings. The summed E-state index contributed by atoms with van der Waals surface area (Å²) >= 11 is 0. The minimum absolute atomic E-state index is 0.0816. The number of anilines is 2. The Labute approximate surface area is 142 Å². The molecule has 3 N–H and O–H groups in total. The first kappa shape index (κ1) is 16.1. The first-order chi connectivity index (χ1) is 12.1. The highest BCUT2D eigenvalue weighted by Gasteiger charge is 2.20. The summed E-state index contributed by atoms with van der Waals surface area (Å²) in [4.78, 5) is 17.8. The molecule has 10 nitrogen and oxygen atoms in total. The van der Waals surface area contributed by atoms with E-state index in [1.54, 1.807) is 10.9 Å². The Morgan fingerprint density at radius 3 is 2.80 bits per heavy atom. The van der Waals surface area contributed by atoms with Gasteiger partial charge in [0.05, 0.1) is 22.5 Å². The van der Waals surface area contributed by atoms with Crippen LogP contribution in [0.1, 0.15) is 11.3 Å². The van der Waals surface area contributed by atoms with E-state index in [0.29, 0.717) is 0 Å². The van der Waals surface area contributed by atoms with E-state index in [9.17, 15) is 10.1 Å². The van der Waals surface area contributed by atoms with Crippen LogP contribution in [0.3, 0.4) is 0 Å². The lowest BCUT2D eigenvalue weighted by Gasteiger charge is -2.01. The van der Waals surface area contributed by atoms with Gasteiger partial charge >= 0.3 is 5.69 Å². The van der Waals surface area contributed by atoms with E-state index in [4.69, 9.17) is 5.73 Å². The van der Waals surface area contributed by atoms with Crippen molar-refractivity contribution in [3.05, 3.63) is 64.2 Å². The van der Waals surface area contributed by atoms with Crippen LogP contribution >= 0.6 is 0 Å². The molecule has 0 aliphatic carbocycles. The van der Waals surface area contributed by atoms with E-state index in [0.717, 1.165) is 23.3 Å². The molecule has 0 bridgehead atoms. The van der Waals surface area contributed by atoms with Crippen LogP contribution in [0.4, 0.5) is 17.3 Å². The number of nitrogens with two attached hydrogens (primary N) is 1. The molecule has 2 heterocycles. The standard InChI is InChI=1S/C15H14N8O2/c1-10-11(8-22(21-10)12-5-3-2-4-6-12)7-19-20-15-13(23(24)25)14(16)17-9-18-15/h2-9H,1H3,(H3,16,17,18,20)/b19-7-. The first-order valence-electron chi connectivity index (χ1n) is 7.22. The fourth-order valence-electron chi connectivity index (χ4n) is 2.13. The third-order valence-corrected chi connectivity index (χ3v) is 3.36. The molecule has 0 aliphatic heterocycles. The fourth-order valence-corrected chi connectivity index (χ4v) is 2.13. The summed E-state index contributed by atoms with van der Waals surface area (Å²) in [6.45, 7) is 1.84. The number of hydrogen-bond donors (Lipinski definition) is 2. The summed E-state index contributed by atoms with van der Waals surface area (Å²) < 4.78 is 1.72. The molecular formula is C15H14N8O2. The molecule has 2 aromatic heterocycles. The van der Waals surface area contributed by atoms with E-state index in [-0.39, 0.29) is 11.6 Å². The number of nitrogen functional groups attached to an aromatic ring is 1. The maximum Gasteiger partial charge on any atom is 0.354 e. The van der Waals surface area contributed by atoms with Crippen LogP contribution in [-0.4, -0.2) is 30.9 Å². The van der Waals surface area contributed by atoms with Gasteiger partial charge in [0.15, 0.2) is 0 Å². The molecule has 0 radical (unpaired) electrons. The average Bonchev–Trinajstić information content (AvgIpc) is 2.96. The van der Waals surface area contributed by atoms with Crippen LogP contribution in [0.2, 0.25) is 0 Å². The van der Waals surface area contributed by atoms with Crippen LogP contribution in [0.5, 0.6) is 0 Å². The van der Waals surface area contributed by atoms with Gasteiger partial charge in [-0.25, -0.2) is 14.6 Å². The molecule has 1 aromatic carbocycles. The monoisotopic (exact) mass is 338 g/mol. The zero-order valence-electron chi connectivity index (χ0n) is 13.2. The predicted molar refractivity (Wildman–Crippen MR) is 92.6 cm³/mol. The molecule has 0 amide bonds. The van der Waals surface area contributed by atoms with Gasteiger partial charge < -0.3 is 5.73 Å². The van der Waals surface area contributed by atoms with Gasteiger partial charge in [0.2, 0.25) is 11.6 Å². The van der Waals surface area contributed by atoms with E-state index in [1.165, 1.54) is 6.21 Å². The summed E-state index contributed by atoms with van der Waals surface area (Å²) in [5, 5.41) is 19.4. The van der Waals surface area contributed by atoms with Gasteiger partial charge in [0, 0.05) is 11.8 Å². The molecule has 0 atom stereocenters. The number of nitrogens with zero attached hydrogens (tertiary/aromatic N) is 6. The average molecular weight is 338 g/mol. The minimum Gasteiger partial charge on any atom is -0.378 e. The molecule has 0 fully saturated rings. The van der Waals surface area contributed by atoms with Crippen LogP contribution in [0.25, 0.3) is 5.69 Å². The molecule has 3 rings (SSSR count). The van der Waals surface area contributed by atoms with Gasteiger partial charge in [-0.1, -0.05) is 18.2 Å². The van der Waals surface area contributed by atoms with E-state index >= 15 is 0 Å². The van der Waals surface area contributed by atoms with E-state index < -0.39 is 10.6 Å². The summed E-state index contributed by atoms with van der Waals surface area (Å²) in [7, 11) is 0. The van der Waals surface area contributed by atoms with Crippen molar-refractivity contribution in [1.29, 1.82) is 0 Å². The van der Waals surface area contributed by atoms with Crippen molar-refractivity contribution in [2.75, 3.05) is 11.2 Å². The Morgan fingerprint density at radius 1 is 1.32 bits per heavy atom. The summed E-state index contributed by atoms with van der Waals surface area (Å²) in [6.07, 6.45) is 4.43. The minimum atomic E-state index is -0.661. The summed E-state index contributed by atoms with van der Waals surface area (Å²) in [5.74, 6) is -0.312. The van der Waals surface area contributed by atoms with Crippen molar-refractivity contribution < 1.29 is 4.92 Å². The zero-order valence-corrected chi connectivity index (χ0v) is 13.2. The molecule has 126 valence electrons.